The van der Waals surface area contributed by atoms with Crippen LogP contribution in [0, 0.1) is 5.92 Å². The van der Waals surface area contributed by atoms with E-state index >= 15 is 0 Å². The molecule has 0 amide bonds. The Labute approximate surface area is 158 Å². The van der Waals surface area contributed by atoms with Gasteiger partial charge in [0.05, 0.1) is 13.2 Å². The van der Waals surface area contributed by atoms with Crippen LogP contribution in [0.4, 0.5) is 0 Å². The quantitative estimate of drug-likeness (QED) is 0.746. The molecule has 1 aromatic carbocycles. The molecule has 146 valence electrons. The predicted molar refractivity (Wildman–Crippen MR) is 104 cm³/mol. The molecule has 1 unspecified atom stereocenters. The standard InChI is InChI=1S/C22H35NO3/c1-7-18-13-24-22(25-14-18)15-20(3,4)23(21(5,6)16-22)26-17(2)19-11-9-8-10-12-19/h8-12,17-18H,7,13-16H2,1-6H3. The molecule has 0 radical (unpaired) electrons. The summed E-state index contributed by atoms with van der Waals surface area (Å²) in [6.07, 6.45) is 2.72. The summed E-state index contributed by atoms with van der Waals surface area (Å²) in [6.45, 7) is 14.8. The molecule has 1 aromatic rings. The van der Waals surface area contributed by atoms with Crippen molar-refractivity contribution < 1.29 is 14.3 Å². The summed E-state index contributed by atoms with van der Waals surface area (Å²) in [5.74, 6) is 0.0216. The smallest absolute Gasteiger partial charge is 0.171 e. The van der Waals surface area contributed by atoms with Crippen LogP contribution in [0.1, 0.15) is 72.5 Å². The first-order valence-corrected chi connectivity index (χ1v) is 9.97. The molecule has 1 spiro atoms. The van der Waals surface area contributed by atoms with Crippen LogP contribution >= 0.6 is 0 Å². The second kappa shape index (κ2) is 7.23. The van der Waals surface area contributed by atoms with E-state index in [1.165, 1.54) is 5.56 Å². The minimum absolute atomic E-state index is 0.00136. The Kier molecular flexibility index (Phi) is 5.51. The minimum Gasteiger partial charge on any atom is -0.349 e. The van der Waals surface area contributed by atoms with Crippen molar-refractivity contribution in [3.05, 3.63) is 35.9 Å². The Balaban J connectivity index is 1.76. The van der Waals surface area contributed by atoms with Crippen molar-refractivity contribution in [1.82, 2.24) is 5.06 Å². The average Bonchev–Trinajstić information content (AvgIpc) is 2.58. The maximum absolute atomic E-state index is 6.51. The summed E-state index contributed by atoms with van der Waals surface area (Å²) in [6, 6.07) is 10.4. The molecule has 2 fully saturated rings. The second-order valence-corrected chi connectivity index (χ2v) is 9.24. The summed E-state index contributed by atoms with van der Waals surface area (Å²) in [5, 5.41) is 2.18. The zero-order valence-electron chi connectivity index (χ0n) is 17.2. The third-order valence-electron chi connectivity index (χ3n) is 5.78. The fourth-order valence-electron chi connectivity index (χ4n) is 4.64. The van der Waals surface area contributed by atoms with Crippen LogP contribution in [-0.4, -0.2) is 35.1 Å². The van der Waals surface area contributed by atoms with Gasteiger partial charge in [0.25, 0.3) is 0 Å². The molecule has 0 aliphatic carbocycles. The highest BCUT2D eigenvalue weighted by Gasteiger charge is 2.56. The topological polar surface area (TPSA) is 30.9 Å². The van der Waals surface area contributed by atoms with Crippen molar-refractivity contribution in [3.63, 3.8) is 0 Å². The molecule has 4 heteroatoms. The van der Waals surface area contributed by atoms with Crippen molar-refractivity contribution in [2.75, 3.05) is 13.2 Å². The van der Waals surface area contributed by atoms with Gasteiger partial charge in [-0.25, -0.2) is 0 Å². The van der Waals surface area contributed by atoms with E-state index in [-0.39, 0.29) is 17.2 Å². The fourth-order valence-corrected chi connectivity index (χ4v) is 4.64. The van der Waals surface area contributed by atoms with Gasteiger partial charge in [-0.1, -0.05) is 37.3 Å². The molecular formula is C22H35NO3. The van der Waals surface area contributed by atoms with Gasteiger partial charge in [0.2, 0.25) is 0 Å². The van der Waals surface area contributed by atoms with E-state index in [4.69, 9.17) is 14.3 Å². The van der Waals surface area contributed by atoms with Crippen molar-refractivity contribution >= 4 is 0 Å². The van der Waals surface area contributed by atoms with Crippen molar-refractivity contribution in [2.24, 2.45) is 5.92 Å². The molecule has 0 saturated carbocycles. The molecule has 2 heterocycles. The molecule has 2 aliphatic heterocycles. The lowest BCUT2D eigenvalue weighted by atomic mass is 9.77. The third-order valence-corrected chi connectivity index (χ3v) is 5.78. The fraction of sp³-hybridized carbons (Fsp3) is 0.727. The summed E-state index contributed by atoms with van der Waals surface area (Å²) >= 11 is 0. The molecule has 2 aliphatic rings. The van der Waals surface area contributed by atoms with Crippen molar-refractivity contribution in [1.29, 1.82) is 0 Å². The van der Waals surface area contributed by atoms with E-state index in [2.05, 4.69) is 70.9 Å². The van der Waals surface area contributed by atoms with Gasteiger partial charge in [0, 0.05) is 29.8 Å². The molecule has 0 bridgehead atoms. The van der Waals surface area contributed by atoms with E-state index in [1.807, 2.05) is 6.07 Å². The van der Waals surface area contributed by atoms with Crippen LogP contribution in [0.15, 0.2) is 30.3 Å². The summed E-state index contributed by atoms with van der Waals surface area (Å²) in [7, 11) is 0. The van der Waals surface area contributed by atoms with Gasteiger partial charge >= 0.3 is 0 Å². The Morgan fingerprint density at radius 1 is 1.04 bits per heavy atom. The Bertz CT molecular complexity index is 571. The SMILES string of the molecule is CCC1COC2(CC(C)(C)N(OC(C)c3ccccc3)C(C)(C)C2)OC1. The van der Waals surface area contributed by atoms with E-state index in [1.54, 1.807) is 0 Å². The highest BCUT2D eigenvalue weighted by Crippen LogP contribution is 2.48. The number of hydroxylamine groups is 2. The van der Waals surface area contributed by atoms with Gasteiger partial charge in [-0.05, 0) is 46.6 Å². The highest BCUT2D eigenvalue weighted by atomic mass is 16.7. The Morgan fingerprint density at radius 3 is 2.08 bits per heavy atom. The molecular weight excluding hydrogens is 326 g/mol. The second-order valence-electron chi connectivity index (χ2n) is 9.24. The molecule has 1 atom stereocenters. The van der Waals surface area contributed by atoms with E-state index in [9.17, 15) is 0 Å². The van der Waals surface area contributed by atoms with Gasteiger partial charge in [-0.2, -0.15) is 5.06 Å². The van der Waals surface area contributed by atoms with Crippen LogP contribution < -0.4 is 0 Å². The molecule has 3 rings (SSSR count). The zero-order valence-corrected chi connectivity index (χ0v) is 17.2. The van der Waals surface area contributed by atoms with Crippen LogP contribution in [0.5, 0.6) is 0 Å². The van der Waals surface area contributed by atoms with E-state index in [0.29, 0.717) is 5.92 Å². The van der Waals surface area contributed by atoms with Gasteiger partial charge in [0.15, 0.2) is 5.79 Å². The van der Waals surface area contributed by atoms with Crippen LogP contribution in [0.2, 0.25) is 0 Å². The number of ether oxygens (including phenoxy) is 2. The number of hydrogen-bond donors (Lipinski definition) is 0. The van der Waals surface area contributed by atoms with Crippen LogP contribution in [0.25, 0.3) is 0 Å². The molecule has 4 nitrogen and oxygen atoms in total. The summed E-state index contributed by atoms with van der Waals surface area (Å²) < 4.78 is 12.6. The number of hydrogen-bond acceptors (Lipinski definition) is 4. The first kappa shape index (κ1) is 19.8. The first-order valence-electron chi connectivity index (χ1n) is 9.97. The lowest BCUT2D eigenvalue weighted by molar-refractivity contribution is -0.382. The van der Waals surface area contributed by atoms with Crippen LogP contribution in [0.3, 0.4) is 0 Å². The lowest BCUT2D eigenvalue weighted by Gasteiger charge is -2.59. The van der Waals surface area contributed by atoms with Crippen molar-refractivity contribution in [3.8, 4) is 0 Å². The van der Waals surface area contributed by atoms with E-state index in [0.717, 1.165) is 32.5 Å². The number of benzene rings is 1. The predicted octanol–water partition coefficient (Wildman–Crippen LogP) is 5.10. The maximum atomic E-state index is 6.51. The largest absolute Gasteiger partial charge is 0.349 e. The normalized spacial score (nSPS) is 26.7. The number of rotatable bonds is 4. The minimum atomic E-state index is -0.492. The molecule has 0 aromatic heterocycles. The van der Waals surface area contributed by atoms with Gasteiger partial charge < -0.3 is 9.47 Å². The first-order chi connectivity index (χ1) is 12.2. The number of nitrogens with zero attached hydrogens (tertiary/aromatic N) is 1. The number of piperidine rings is 1. The lowest BCUT2D eigenvalue weighted by Crippen LogP contribution is -2.67. The van der Waals surface area contributed by atoms with Gasteiger partial charge in [0.1, 0.15) is 6.10 Å². The summed E-state index contributed by atoms with van der Waals surface area (Å²) in [5.41, 5.74) is 0.809. The third kappa shape index (κ3) is 3.99. The molecule has 0 N–H and O–H groups in total. The highest BCUT2D eigenvalue weighted by molar-refractivity contribution is 5.17. The van der Waals surface area contributed by atoms with Crippen molar-refractivity contribution in [2.45, 2.75) is 83.8 Å². The Hall–Kier alpha value is -0.940. The maximum Gasteiger partial charge on any atom is 0.171 e. The van der Waals surface area contributed by atoms with Gasteiger partial charge in [-0.3, -0.25) is 4.84 Å². The molecule has 26 heavy (non-hydrogen) atoms. The monoisotopic (exact) mass is 361 g/mol. The average molecular weight is 362 g/mol. The van der Waals surface area contributed by atoms with Crippen LogP contribution in [-0.2, 0) is 14.3 Å². The summed E-state index contributed by atoms with van der Waals surface area (Å²) in [4.78, 5) is 6.51. The Morgan fingerprint density at radius 2 is 1.58 bits per heavy atom. The molecule has 2 saturated heterocycles. The zero-order chi connectivity index (χ0) is 19.0. The van der Waals surface area contributed by atoms with Gasteiger partial charge in [-0.15, -0.1) is 0 Å². The van der Waals surface area contributed by atoms with E-state index < -0.39 is 5.79 Å².